The van der Waals surface area contributed by atoms with Crippen molar-refractivity contribution in [3.05, 3.63) is 58.6 Å². The molecular weight excluding hydrogens is 214 g/mol. The molecule has 3 heteroatoms. The molecule has 0 radical (unpaired) electrons. The van der Waals surface area contributed by atoms with Gasteiger partial charge in [0.1, 0.15) is 0 Å². The van der Waals surface area contributed by atoms with Gasteiger partial charge in [-0.1, -0.05) is 31.2 Å². The summed E-state index contributed by atoms with van der Waals surface area (Å²) in [5, 5.41) is 0. The Balaban J connectivity index is 2.41. The molecule has 1 aromatic heterocycles. The second-order valence-electron chi connectivity index (χ2n) is 4.34. The van der Waals surface area contributed by atoms with Crippen LogP contribution in [-0.4, -0.2) is 10.4 Å². The number of pyridine rings is 1. The molecule has 2 unspecified atom stereocenters. The van der Waals surface area contributed by atoms with Gasteiger partial charge in [-0.05, 0) is 18.9 Å². The van der Waals surface area contributed by atoms with Crippen LogP contribution in [0.5, 0.6) is 0 Å². The zero-order chi connectivity index (χ0) is 12.4. The second-order valence-corrected chi connectivity index (χ2v) is 4.34. The first-order chi connectivity index (χ1) is 8.09. The van der Waals surface area contributed by atoms with Crippen LogP contribution in [0.3, 0.4) is 0 Å². The Kier molecular flexibility index (Phi) is 3.09. The van der Waals surface area contributed by atoms with E-state index in [2.05, 4.69) is 13.0 Å². The largest absolute Gasteiger partial charge is 0.308 e. The van der Waals surface area contributed by atoms with Gasteiger partial charge in [0.15, 0.2) is 5.78 Å². The van der Waals surface area contributed by atoms with Gasteiger partial charge in [0.05, 0.1) is 6.04 Å². The number of hydrogen-bond acceptors (Lipinski definition) is 2. The van der Waals surface area contributed by atoms with E-state index in [0.29, 0.717) is 5.56 Å². The van der Waals surface area contributed by atoms with Gasteiger partial charge in [0.25, 0.3) is 5.56 Å². The third kappa shape index (κ3) is 2.28. The van der Waals surface area contributed by atoms with Crippen molar-refractivity contribution in [1.29, 1.82) is 0 Å². The molecule has 0 aromatic carbocycles. The number of allylic oxidation sites excluding steroid dienone is 4. The predicted molar refractivity (Wildman–Crippen MR) is 67.2 cm³/mol. The van der Waals surface area contributed by atoms with E-state index in [4.69, 9.17) is 0 Å². The minimum Gasteiger partial charge on any atom is -0.308 e. The summed E-state index contributed by atoms with van der Waals surface area (Å²) in [5.74, 6) is 0.197. The first kappa shape index (κ1) is 11.6. The summed E-state index contributed by atoms with van der Waals surface area (Å²) in [6, 6.07) is 3.14. The van der Waals surface area contributed by atoms with Crippen LogP contribution in [-0.2, 0) is 0 Å². The van der Waals surface area contributed by atoms with Gasteiger partial charge < -0.3 is 4.57 Å². The maximum absolute atomic E-state index is 11.9. The molecule has 0 amide bonds. The molecule has 3 nitrogen and oxygen atoms in total. The van der Waals surface area contributed by atoms with Gasteiger partial charge in [-0.15, -0.1) is 0 Å². The average molecular weight is 229 g/mol. The number of carbonyl (C=O) groups is 1. The topological polar surface area (TPSA) is 39.1 Å². The van der Waals surface area contributed by atoms with Gasteiger partial charge in [0.2, 0.25) is 0 Å². The minimum atomic E-state index is -0.130. The van der Waals surface area contributed by atoms with Gasteiger partial charge in [0, 0.05) is 17.8 Å². The summed E-state index contributed by atoms with van der Waals surface area (Å²) in [6.07, 6.45) is 9.69. The SMILES string of the molecule is CC(=O)c1ccn(C2C=CC=CC2C)c(=O)c1. The molecule has 0 aliphatic heterocycles. The molecule has 17 heavy (non-hydrogen) atoms. The Morgan fingerprint density at radius 1 is 1.29 bits per heavy atom. The zero-order valence-electron chi connectivity index (χ0n) is 9.96. The van der Waals surface area contributed by atoms with Crippen molar-refractivity contribution in [2.24, 2.45) is 5.92 Å². The third-order valence-corrected chi connectivity index (χ3v) is 3.05. The molecule has 2 rings (SSSR count). The second kappa shape index (κ2) is 4.53. The highest BCUT2D eigenvalue weighted by atomic mass is 16.1. The van der Waals surface area contributed by atoms with E-state index < -0.39 is 0 Å². The van der Waals surface area contributed by atoms with Crippen LogP contribution < -0.4 is 5.56 Å². The standard InChI is InChI=1S/C14H15NO2/c1-10-5-3-4-6-13(10)15-8-7-12(11(2)16)9-14(15)17/h3-10,13H,1-2H3. The Morgan fingerprint density at radius 2 is 2.00 bits per heavy atom. The van der Waals surface area contributed by atoms with Crippen molar-refractivity contribution in [2.45, 2.75) is 19.9 Å². The lowest BCUT2D eigenvalue weighted by atomic mass is 9.97. The minimum absolute atomic E-state index is 0.0357. The number of carbonyl (C=O) groups excluding carboxylic acids is 1. The van der Waals surface area contributed by atoms with E-state index in [1.54, 1.807) is 16.8 Å². The quantitative estimate of drug-likeness (QED) is 0.730. The Morgan fingerprint density at radius 3 is 2.59 bits per heavy atom. The molecule has 0 bridgehead atoms. The maximum atomic E-state index is 11.9. The molecule has 88 valence electrons. The third-order valence-electron chi connectivity index (χ3n) is 3.05. The lowest BCUT2D eigenvalue weighted by Gasteiger charge is -2.22. The van der Waals surface area contributed by atoms with Gasteiger partial charge in [-0.25, -0.2) is 0 Å². The summed E-state index contributed by atoms with van der Waals surface area (Å²) in [4.78, 5) is 23.1. The molecule has 1 heterocycles. The van der Waals surface area contributed by atoms with Crippen LogP contribution in [0, 0.1) is 5.92 Å². The predicted octanol–water partition coefficient (Wildman–Crippen LogP) is 2.35. The monoisotopic (exact) mass is 229 g/mol. The number of rotatable bonds is 2. The summed E-state index contributed by atoms with van der Waals surface area (Å²) in [7, 11) is 0. The lowest BCUT2D eigenvalue weighted by molar-refractivity contribution is 0.101. The van der Waals surface area contributed by atoms with Crippen LogP contribution >= 0.6 is 0 Å². The average Bonchev–Trinajstić information content (AvgIpc) is 2.30. The highest BCUT2D eigenvalue weighted by Crippen LogP contribution is 2.22. The van der Waals surface area contributed by atoms with Crippen molar-refractivity contribution in [3.63, 3.8) is 0 Å². The summed E-state index contributed by atoms with van der Waals surface area (Å²) in [6.45, 7) is 3.53. The fourth-order valence-electron chi connectivity index (χ4n) is 2.01. The molecule has 0 saturated carbocycles. The Labute approximate surface area is 100 Å². The molecule has 1 aromatic rings. The van der Waals surface area contributed by atoms with Crippen LogP contribution in [0.4, 0.5) is 0 Å². The van der Waals surface area contributed by atoms with Crippen molar-refractivity contribution in [1.82, 2.24) is 4.57 Å². The van der Waals surface area contributed by atoms with E-state index in [0.717, 1.165) is 0 Å². The summed E-state index contributed by atoms with van der Waals surface area (Å²) >= 11 is 0. The van der Waals surface area contributed by atoms with Crippen LogP contribution in [0.15, 0.2) is 47.4 Å². The molecule has 0 N–H and O–H groups in total. The zero-order valence-corrected chi connectivity index (χ0v) is 9.96. The van der Waals surface area contributed by atoms with Crippen molar-refractivity contribution in [2.75, 3.05) is 0 Å². The normalized spacial score (nSPS) is 22.7. The number of hydrogen-bond donors (Lipinski definition) is 0. The number of Topliss-reactive ketones (excluding diaryl/α,β-unsaturated/α-hetero) is 1. The summed E-state index contributed by atoms with van der Waals surface area (Å²) in [5.41, 5.74) is 0.337. The van der Waals surface area contributed by atoms with Gasteiger partial charge in [-0.2, -0.15) is 0 Å². The van der Waals surface area contributed by atoms with E-state index in [1.165, 1.54) is 13.0 Å². The number of aromatic nitrogens is 1. The molecule has 0 fully saturated rings. The highest BCUT2D eigenvalue weighted by Gasteiger charge is 2.17. The van der Waals surface area contributed by atoms with Crippen molar-refractivity contribution >= 4 is 5.78 Å². The molecule has 0 spiro atoms. The Hall–Kier alpha value is -1.90. The van der Waals surface area contributed by atoms with E-state index >= 15 is 0 Å². The van der Waals surface area contributed by atoms with Gasteiger partial charge in [-0.3, -0.25) is 9.59 Å². The van der Waals surface area contributed by atoms with Crippen LogP contribution in [0.25, 0.3) is 0 Å². The smallest absolute Gasteiger partial charge is 0.251 e. The van der Waals surface area contributed by atoms with Gasteiger partial charge >= 0.3 is 0 Å². The van der Waals surface area contributed by atoms with E-state index in [-0.39, 0.29) is 23.3 Å². The highest BCUT2D eigenvalue weighted by molar-refractivity contribution is 5.93. The van der Waals surface area contributed by atoms with Crippen LogP contribution in [0.2, 0.25) is 0 Å². The number of ketones is 1. The maximum Gasteiger partial charge on any atom is 0.251 e. The summed E-state index contributed by atoms with van der Waals surface area (Å²) < 4.78 is 1.66. The van der Waals surface area contributed by atoms with Crippen LogP contribution in [0.1, 0.15) is 30.2 Å². The Bertz CT molecular complexity index is 552. The van der Waals surface area contributed by atoms with Crippen molar-refractivity contribution < 1.29 is 4.79 Å². The van der Waals surface area contributed by atoms with Crippen molar-refractivity contribution in [3.8, 4) is 0 Å². The molecule has 0 saturated heterocycles. The fraction of sp³-hybridized carbons (Fsp3) is 0.286. The first-order valence-electron chi connectivity index (χ1n) is 5.67. The number of nitrogens with zero attached hydrogens (tertiary/aromatic N) is 1. The molecule has 1 aliphatic carbocycles. The molecule has 2 atom stereocenters. The molecular formula is C14H15NO2. The fourth-order valence-corrected chi connectivity index (χ4v) is 2.01. The van der Waals surface area contributed by atoms with E-state index in [9.17, 15) is 9.59 Å². The van der Waals surface area contributed by atoms with E-state index in [1.807, 2.05) is 18.2 Å². The lowest BCUT2D eigenvalue weighted by Crippen LogP contribution is -2.27. The first-order valence-corrected chi connectivity index (χ1v) is 5.67. The molecule has 1 aliphatic rings.